The summed E-state index contributed by atoms with van der Waals surface area (Å²) in [5.74, 6) is -3.65. The summed E-state index contributed by atoms with van der Waals surface area (Å²) in [7, 11) is 0. The average Bonchev–Trinajstić information content (AvgIpc) is 1.96. The molecule has 0 aliphatic heterocycles. The number of carbonyl (C=O) groups is 2. The van der Waals surface area contributed by atoms with Gasteiger partial charge in [-0.2, -0.15) is 0 Å². The Morgan fingerprint density at radius 1 is 0.846 bits per heavy atom. The van der Waals surface area contributed by atoms with Crippen molar-refractivity contribution in [2.45, 2.75) is 0 Å². The first-order valence-corrected chi connectivity index (χ1v) is 2.79. The van der Waals surface area contributed by atoms with E-state index in [4.69, 9.17) is 26.5 Å². The molecule has 0 saturated heterocycles. The van der Waals surface area contributed by atoms with E-state index in [0.29, 0.717) is 0 Å². The molecule has 0 aromatic heterocycles. The second-order valence-electron chi connectivity index (χ2n) is 0.610. The van der Waals surface area contributed by atoms with Gasteiger partial charge in [0.1, 0.15) is 0 Å². The normalized spacial score (nSPS) is 3.85. The molecule has 0 amide bonds. The van der Waals surface area contributed by atoms with Crippen molar-refractivity contribution in [2.75, 3.05) is 0 Å². The van der Waals surface area contributed by atoms with Crippen LogP contribution in [-0.2, 0) is 57.0 Å². The van der Waals surface area contributed by atoms with Gasteiger partial charge < -0.3 is 18.5 Å². The van der Waals surface area contributed by atoms with Crippen LogP contribution in [0.2, 0.25) is 0 Å². The van der Waals surface area contributed by atoms with Gasteiger partial charge in [-0.05, 0) is 0 Å². The number of carboxylic acids is 2. The first kappa shape index (κ1) is 36.0. The van der Waals surface area contributed by atoms with Gasteiger partial charge in [0.05, 0.1) is 0 Å². The van der Waals surface area contributed by atoms with Crippen molar-refractivity contribution in [1.29, 1.82) is 0 Å². The Hall–Kier alpha value is 3.20. The van der Waals surface area contributed by atoms with Crippen molar-refractivity contribution in [2.24, 2.45) is 0 Å². The Labute approximate surface area is 185 Å². The van der Waals surface area contributed by atoms with Gasteiger partial charge in [-0.15, -0.1) is 0 Å². The Bertz CT molecular complexity index is 116. The molecule has 4 N–H and O–H groups in total. The third-order valence-corrected chi connectivity index (χ3v) is 0.183. The van der Waals surface area contributed by atoms with Crippen LogP contribution in [0.1, 0.15) is 2.85 Å². The van der Waals surface area contributed by atoms with Crippen LogP contribution in [0.4, 0.5) is 0 Å². The summed E-state index contributed by atoms with van der Waals surface area (Å²) in [6.45, 7) is 0. The van der Waals surface area contributed by atoms with Crippen LogP contribution in [-0.4, -0.2) is 27.6 Å². The predicted octanol–water partition coefficient (Wildman–Crippen LogP) is -7.68. The monoisotopic (exact) mass is 316 g/mol. The molecule has 13 heavy (non-hydrogen) atoms. The number of hydrogen-bond donors (Lipinski definition) is 2. The topological polar surface area (TPSA) is 140 Å². The molecule has 0 bridgehead atoms. The molecule has 0 saturated carbocycles. The molecule has 0 aromatic carbocycles. The molecule has 11 heteroatoms. The quantitative estimate of drug-likeness (QED) is 0.336. The zero-order valence-corrected chi connectivity index (χ0v) is 16.4. The average molecular weight is 316 g/mol. The summed E-state index contributed by atoms with van der Waals surface area (Å²) in [5, 5.41) is 14.8. The summed E-state index contributed by atoms with van der Waals surface area (Å²) in [5.41, 5.74) is 0. The van der Waals surface area contributed by atoms with Crippen molar-refractivity contribution in [1.82, 2.24) is 0 Å². The number of rotatable bonds is 0. The first-order chi connectivity index (χ1) is 4.64. The molecule has 0 aliphatic carbocycles. The molecule has 0 radical (unpaired) electrons. The molecule has 0 aliphatic rings. The summed E-state index contributed by atoms with van der Waals surface area (Å²) in [6, 6.07) is 0. The zero-order valence-electron chi connectivity index (χ0n) is 9.03. The third kappa shape index (κ3) is 51.1. The standard InChI is InChI=1S/C2H2O4.2K.H2O.2O.2Ti.2H/c3-1(4)2(5)6;;;;;;;;;/h(H,3,4)(H,5,6);;;1H2;;;;;;/q;2*+1;;;;;;2*-1. The molecular formula is C2H6K2O7Ti2. The fraction of sp³-hybridized carbons (Fsp3) is 0. The van der Waals surface area contributed by atoms with Gasteiger partial charge in [-0.3, -0.25) is 0 Å². The van der Waals surface area contributed by atoms with Gasteiger partial charge in [-0.25, -0.2) is 9.59 Å². The van der Waals surface area contributed by atoms with E-state index in [2.05, 4.69) is 0 Å². The van der Waals surface area contributed by atoms with Crippen LogP contribution in [0.5, 0.6) is 0 Å². The van der Waals surface area contributed by atoms with E-state index in [0.717, 1.165) is 40.8 Å². The minimum absolute atomic E-state index is 0. The van der Waals surface area contributed by atoms with E-state index < -0.39 is 11.9 Å². The second kappa shape index (κ2) is 36.2. The third-order valence-electron chi connectivity index (χ3n) is 0.183. The van der Waals surface area contributed by atoms with Crippen molar-refractivity contribution < 1.29 is 178 Å². The Morgan fingerprint density at radius 3 is 0.923 bits per heavy atom. The Kier molecular flexibility index (Phi) is 100. The van der Waals surface area contributed by atoms with E-state index in [1.54, 1.807) is 0 Å². The molecule has 0 rings (SSSR count). The SMILES string of the molecule is O.O=C(O)C(=O)O.[H-].[H-].[K+].[K+].[O]=[Ti].[O]=[Ti]. The Balaban J connectivity index is -0.00000000828. The predicted molar refractivity (Wildman–Crippen MR) is 22.5 cm³/mol. The summed E-state index contributed by atoms with van der Waals surface area (Å²) >= 11 is 1.50. The van der Waals surface area contributed by atoms with Crippen LogP contribution >= 0.6 is 0 Å². The van der Waals surface area contributed by atoms with Crippen molar-refractivity contribution in [3.05, 3.63) is 0 Å². The van der Waals surface area contributed by atoms with Gasteiger partial charge in [0.25, 0.3) is 0 Å². The number of carboxylic acid groups (broad SMARTS) is 2. The van der Waals surface area contributed by atoms with Gasteiger partial charge in [-0.1, -0.05) is 0 Å². The van der Waals surface area contributed by atoms with E-state index in [1.807, 2.05) is 0 Å². The van der Waals surface area contributed by atoms with E-state index in [9.17, 15) is 0 Å². The molecule has 0 fully saturated rings. The van der Waals surface area contributed by atoms with Gasteiger partial charge in [0.15, 0.2) is 0 Å². The van der Waals surface area contributed by atoms with E-state index >= 15 is 0 Å². The van der Waals surface area contributed by atoms with E-state index in [1.165, 1.54) is 0 Å². The van der Waals surface area contributed by atoms with Crippen LogP contribution in [0.3, 0.4) is 0 Å². The first-order valence-electron chi connectivity index (χ1n) is 1.51. The number of aliphatic carboxylic acids is 2. The maximum absolute atomic E-state index is 9.10. The van der Waals surface area contributed by atoms with Crippen LogP contribution in [0, 0.1) is 0 Å². The molecule has 0 atom stereocenters. The zero-order chi connectivity index (χ0) is 9.15. The molecule has 66 valence electrons. The minimum atomic E-state index is -1.82. The van der Waals surface area contributed by atoms with Gasteiger partial charge in [0.2, 0.25) is 0 Å². The van der Waals surface area contributed by atoms with Crippen molar-refractivity contribution >= 4 is 11.9 Å². The number of hydrogen-bond acceptors (Lipinski definition) is 4. The molecule has 0 heterocycles. The van der Waals surface area contributed by atoms with E-state index in [-0.39, 0.29) is 111 Å². The molecule has 0 unspecified atom stereocenters. The second-order valence-corrected chi connectivity index (χ2v) is 0.610. The fourth-order valence-electron chi connectivity index (χ4n) is 0. The summed E-state index contributed by atoms with van der Waals surface area (Å²) in [6.07, 6.45) is 0. The van der Waals surface area contributed by atoms with Crippen LogP contribution < -0.4 is 103 Å². The fourth-order valence-corrected chi connectivity index (χ4v) is 0. The molecule has 0 aromatic rings. The summed E-state index contributed by atoms with van der Waals surface area (Å²) in [4.78, 5) is 18.2. The van der Waals surface area contributed by atoms with Crippen LogP contribution in [0.25, 0.3) is 0 Å². The Morgan fingerprint density at radius 2 is 0.923 bits per heavy atom. The van der Waals surface area contributed by atoms with Gasteiger partial charge in [0, 0.05) is 0 Å². The maximum atomic E-state index is 9.10. The molecule has 7 nitrogen and oxygen atoms in total. The van der Waals surface area contributed by atoms with Crippen molar-refractivity contribution in [3.63, 3.8) is 0 Å². The molecule has 0 spiro atoms. The van der Waals surface area contributed by atoms with Crippen molar-refractivity contribution in [3.8, 4) is 0 Å². The van der Waals surface area contributed by atoms with Gasteiger partial charge >= 0.3 is 162 Å². The molecular weight excluding hydrogens is 310 g/mol. The summed E-state index contributed by atoms with van der Waals surface area (Å²) < 4.78 is 16.5. The van der Waals surface area contributed by atoms with Crippen LogP contribution in [0.15, 0.2) is 0 Å².